The minimum Gasteiger partial charge on any atom is -0.345 e. The third-order valence-corrected chi connectivity index (χ3v) is 7.91. The largest absolute Gasteiger partial charge is 0.345 e. The van der Waals surface area contributed by atoms with E-state index in [1.807, 2.05) is 33.7 Å². The van der Waals surface area contributed by atoms with Gasteiger partial charge in [0.05, 0.1) is 17.3 Å². The summed E-state index contributed by atoms with van der Waals surface area (Å²) < 4.78 is 4.34. The maximum atomic E-state index is 13.2. The Kier molecular flexibility index (Phi) is 7.41. The Morgan fingerprint density at radius 3 is 2.37 bits per heavy atom. The van der Waals surface area contributed by atoms with Crippen LogP contribution in [0.2, 0.25) is 15.1 Å². The molecule has 1 fully saturated rings. The molecule has 0 saturated carbocycles. The van der Waals surface area contributed by atoms with Gasteiger partial charge >= 0.3 is 5.69 Å². The van der Waals surface area contributed by atoms with Crippen LogP contribution in [0.4, 0.5) is 11.6 Å². The lowest BCUT2D eigenvalue weighted by molar-refractivity contribution is 0.386. The minimum absolute atomic E-state index is 0.328. The number of hydrogen-bond acceptors (Lipinski definition) is 5. The van der Waals surface area contributed by atoms with Crippen LogP contribution in [-0.4, -0.2) is 54.9 Å². The van der Waals surface area contributed by atoms with Gasteiger partial charge in [-0.2, -0.15) is 4.98 Å². The first-order chi connectivity index (χ1) is 18.2. The first kappa shape index (κ1) is 26.6. The Morgan fingerprint density at radius 2 is 1.68 bits per heavy atom. The SMILES string of the molecule is Cn1c(=O)c2c(nc(N3CCN(C(=S)Nc4ccc(Cl)cc4Cl)CC3)n2Cc2ccccc2Cl)n(C)c1=O. The topological polar surface area (TPSA) is 80.3 Å². The molecule has 1 N–H and O–H groups in total. The van der Waals surface area contributed by atoms with Gasteiger partial charge in [0, 0.05) is 50.3 Å². The second kappa shape index (κ2) is 10.6. The van der Waals surface area contributed by atoms with E-state index >= 15 is 0 Å². The summed E-state index contributed by atoms with van der Waals surface area (Å²) in [5.41, 5.74) is 1.37. The molecular weight excluding hydrogens is 569 g/mol. The number of hydrogen-bond donors (Lipinski definition) is 1. The molecular formula is C25H24Cl3N7O2S. The lowest BCUT2D eigenvalue weighted by atomic mass is 10.2. The highest BCUT2D eigenvalue weighted by Gasteiger charge is 2.27. The number of piperazine rings is 1. The first-order valence-electron chi connectivity index (χ1n) is 11.8. The Hall–Kier alpha value is -3.05. The summed E-state index contributed by atoms with van der Waals surface area (Å²) in [5, 5.41) is 5.36. The predicted octanol–water partition coefficient (Wildman–Crippen LogP) is 3.96. The average molecular weight is 593 g/mol. The van der Waals surface area contributed by atoms with Crippen LogP contribution >= 0.6 is 47.0 Å². The maximum Gasteiger partial charge on any atom is 0.332 e. The van der Waals surface area contributed by atoms with E-state index in [9.17, 15) is 9.59 Å². The summed E-state index contributed by atoms with van der Waals surface area (Å²) in [7, 11) is 3.08. The van der Waals surface area contributed by atoms with Crippen molar-refractivity contribution in [3.8, 4) is 0 Å². The van der Waals surface area contributed by atoms with Crippen molar-refractivity contribution in [3.05, 3.63) is 83.9 Å². The van der Waals surface area contributed by atoms with Crippen molar-refractivity contribution in [2.24, 2.45) is 14.1 Å². The van der Waals surface area contributed by atoms with E-state index in [1.165, 1.54) is 11.6 Å². The van der Waals surface area contributed by atoms with Gasteiger partial charge in [-0.1, -0.05) is 53.0 Å². The lowest BCUT2D eigenvalue weighted by Crippen LogP contribution is -2.50. The molecule has 0 amide bonds. The summed E-state index contributed by atoms with van der Waals surface area (Å²) in [6.45, 7) is 2.74. The molecule has 13 heteroatoms. The van der Waals surface area contributed by atoms with Crippen molar-refractivity contribution in [3.63, 3.8) is 0 Å². The van der Waals surface area contributed by atoms with Crippen LogP contribution in [0, 0.1) is 0 Å². The highest BCUT2D eigenvalue weighted by Crippen LogP contribution is 2.27. The number of fused-ring (bicyclic) bond motifs is 1. The van der Waals surface area contributed by atoms with Gasteiger partial charge in [0.25, 0.3) is 5.56 Å². The fourth-order valence-corrected chi connectivity index (χ4v) is 5.46. The van der Waals surface area contributed by atoms with Gasteiger partial charge in [-0.3, -0.25) is 18.5 Å². The Morgan fingerprint density at radius 1 is 0.974 bits per heavy atom. The minimum atomic E-state index is -0.432. The Labute approximate surface area is 238 Å². The fourth-order valence-electron chi connectivity index (χ4n) is 4.52. The molecule has 2 aromatic carbocycles. The summed E-state index contributed by atoms with van der Waals surface area (Å²) in [5.74, 6) is 0.595. The highest BCUT2D eigenvalue weighted by atomic mass is 35.5. The van der Waals surface area contributed by atoms with Crippen LogP contribution < -0.4 is 21.5 Å². The molecule has 1 aliphatic heterocycles. The van der Waals surface area contributed by atoms with E-state index in [4.69, 9.17) is 52.0 Å². The molecule has 5 rings (SSSR count). The first-order valence-corrected chi connectivity index (χ1v) is 13.4. The molecule has 1 saturated heterocycles. The van der Waals surface area contributed by atoms with Crippen molar-refractivity contribution in [2.75, 3.05) is 36.4 Å². The normalized spacial score (nSPS) is 13.8. The number of halogens is 3. The molecule has 0 unspecified atom stereocenters. The summed E-state index contributed by atoms with van der Waals surface area (Å²) >= 11 is 24.4. The number of nitrogens with one attached hydrogen (secondary N) is 1. The zero-order valence-electron chi connectivity index (χ0n) is 20.6. The molecule has 0 atom stereocenters. The van der Waals surface area contributed by atoms with Gasteiger partial charge in [0.2, 0.25) is 5.95 Å². The highest BCUT2D eigenvalue weighted by molar-refractivity contribution is 7.80. The molecule has 38 heavy (non-hydrogen) atoms. The van der Waals surface area contributed by atoms with Crippen LogP contribution in [-0.2, 0) is 20.6 Å². The molecule has 1 aliphatic rings. The molecule has 0 spiro atoms. The second-order valence-corrected chi connectivity index (χ2v) is 10.6. The van der Waals surface area contributed by atoms with Crippen molar-refractivity contribution in [2.45, 2.75) is 6.54 Å². The average Bonchev–Trinajstić information content (AvgIpc) is 3.28. The van der Waals surface area contributed by atoms with Crippen LogP contribution in [0.3, 0.4) is 0 Å². The molecule has 198 valence electrons. The van der Waals surface area contributed by atoms with Gasteiger partial charge in [0.1, 0.15) is 0 Å². The fraction of sp³-hybridized carbons (Fsp3) is 0.280. The predicted molar refractivity (Wildman–Crippen MR) is 157 cm³/mol. The van der Waals surface area contributed by atoms with Gasteiger partial charge in [-0.15, -0.1) is 0 Å². The number of imidazole rings is 1. The zero-order chi connectivity index (χ0) is 27.1. The van der Waals surface area contributed by atoms with Gasteiger partial charge in [-0.25, -0.2) is 4.79 Å². The Bertz CT molecular complexity index is 1670. The maximum absolute atomic E-state index is 13.2. The third-order valence-electron chi connectivity index (χ3n) is 6.64. The van der Waals surface area contributed by atoms with E-state index in [2.05, 4.69) is 10.2 Å². The smallest absolute Gasteiger partial charge is 0.332 e. The van der Waals surface area contributed by atoms with E-state index < -0.39 is 11.2 Å². The quantitative estimate of drug-likeness (QED) is 0.360. The van der Waals surface area contributed by atoms with Crippen LogP contribution in [0.5, 0.6) is 0 Å². The number of benzene rings is 2. The second-order valence-electron chi connectivity index (χ2n) is 9.00. The standard InChI is InChI=1S/C25H24Cl3N7O2S/c1-31-21-20(22(36)32(2)25(31)37)35(14-15-5-3-4-6-17(15)27)23(30-21)33-9-11-34(12-10-33)24(38)29-19-8-7-16(26)13-18(19)28/h3-8,13H,9-12,14H2,1-2H3,(H,29,38). The summed E-state index contributed by atoms with van der Waals surface area (Å²) in [4.78, 5) is 34.8. The molecule has 0 radical (unpaired) electrons. The van der Waals surface area contributed by atoms with E-state index in [0.29, 0.717) is 75.7 Å². The summed E-state index contributed by atoms with van der Waals surface area (Å²) in [6, 6.07) is 12.7. The zero-order valence-corrected chi connectivity index (χ0v) is 23.7. The van der Waals surface area contributed by atoms with Crippen molar-refractivity contribution >= 4 is 74.9 Å². The monoisotopic (exact) mass is 591 g/mol. The van der Waals surface area contributed by atoms with Crippen LogP contribution in [0.15, 0.2) is 52.1 Å². The lowest BCUT2D eigenvalue weighted by Gasteiger charge is -2.37. The molecule has 0 aliphatic carbocycles. The van der Waals surface area contributed by atoms with Crippen molar-refractivity contribution in [1.82, 2.24) is 23.6 Å². The molecule has 9 nitrogen and oxygen atoms in total. The van der Waals surface area contributed by atoms with Crippen molar-refractivity contribution < 1.29 is 0 Å². The number of aromatic nitrogens is 4. The Balaban J connectivity index is 1.45. The van der Waals surface area contributed by atoms with Crippen molar-refractivity contribution in [1.29, 1.82) is 0 Å². The molecule has 3 heterocycles. The third kappa shape index (κ3) is 4.89. The van der Waals surface area contributed by atoms with Gasteiger partial charge in [-0.05, 0) is 42.0 Å². The van der Waals surface area contributed by atoms with Gasteiger partial charge < -0.3 is 15.1 Å². The number of aryl methyl sites for hydroxylation is 1. The number of nitrogens with zero attached hydrogens (tertiary/aromatic N) is 6. The summed E-state index contributed by atoms with van der Waals surface area (Å²) in [6.07, 6.45) is 0. The van der Waals surface area contributed by atoms with Crippen LogP contribution in [0.25, 0.3) is 11.2 Å². The van der Waals surface area contributed by atoms with E-state index in [1.54, 1.807) is 25.2 Å². The van der Waals surface area contributed by atoms with Crippen LogP contribution in [0.1, 0.15) is 5.56 Å². The molecule has 4 aromatic rings. The number of rotatable bonds is 4. The van der Waals surface area contributed by atoms with E-state index in [-0.39, 0.29) is 0 Å². The molecule has 2 aromatic heterocycles. The molecule has 0 bridgehead atoms. The number of anilines is 2. The number of thiocarbonyl (C=S) groups is 1. The van der Waals surface area contributed by atoms with Gasteiger partial charge in [0.15, 0.2) is 16.3 Å². The van der Waals surface area contributed by atoms with E-state index in [0.717, 1.165) is 10.1 Å².